The Morgan fingerprint density at radius 2 is 1.26 bits per heavy atom. The average Bonchev–Trinajstić information content (AvgIpc) is 2.91. The van der Waals surface area contributed by atoms with Crippen molar-refractivity contribution in [2.45, 2.75) is 57.3 Å². The van der Waals surface area contributed by atoms with Gasteiger partial charge in [0, 0.05) is 6.42 Å². The molecular formula is C27H36N4O8. The van der Waals surface area contributed by atoms with E-state index in [2.05, 4.69) is 16.0 Å². The van der Waals surface area contributed by atoms with E-state index in [4.69, 9.17) is 5.73 Å². The smallest absolute Gasteiger partial charge is 0.326 e. The lowest BCUT2D eigenvalue weighted by Crippen LogP contribution is -2.59. The van der Waals surface area contributed by atoms with E-state index in [0.29, 0.717) is 17.5 Å². The highest BCUT2D eigenvalue weighted by atomic mass is 16.4. The van der Waals surface area contributed by atoms with Crippen LogP contribution >= 0.6 is 0 Å². The first-order valence-corrected chi connectivity index (χ1v) is 12.5. The van der Waals surface area contributed by atoms with Crippen molar-refractivity contribution in [2.75, 3.05) is 6.61 Å². The monoisotopic (exact) mass is 544 g/mol. The van der Waals surface area contributed by atoms with Crippen molar-refractivity contribution < 1.29 is 39.6 Å². The Balaban J connectivity index is 2.06. The number of aliphatic hydroxyl groups is 1. The first-order valence-electron chi connectivity index (χ1n) is 12.5. The van der Waals surface area contributed by atoms with E-state index in [1.165, 1.54) is 36.4 Å². The Labute approximate surface area is 226 Å². The summed E-state index contributed by atoms with van der Waals surface area (Å²) in [7, 11) is 0. The van der Waals surface area contributed by atoms with Gasteiger partial charge >= 0.3 is 5.97 Å². The van der Waals surface area contributed by atoms with Crippen LogP contribution in [0.3, 0.4) is 0 Å². The van der Waals surface area contributed by atoms with Gasteiger partial charge in [0.1, 0.15) is 29.6 Å². The van der Waals surface area contributed by atoms with Crippen molar-refractivity contribution in [1.82, 2.24) is 16.0 Å². The van der Waals surface area contributed by atoms with E-state index in [1.807, 2.05) is 6.92 Å². The number of rotatable bonds is 14. The van der Waals surface area contributed by atoms with Crippen LogP contribution in [0, 0.1) is 5.92 Å². The zero-order valence-corrected chi connectivity index (χ0v) is 21.8. The molecule has 0 aliphatic carbocycles. The third kappa shape index (κ3) is 9.58. The fourth-order valence-corrected chi connectivity index (χ4v) is 3.74. The minimum atomic E-state index is -1.48. The molecule has 0 fully saturated rings. The summed E-state index contributed by atoms with van der Waals surface area (Å²) in [4.78, 5) is 50.4. The van der Waals surface area contributed by atoms with Gasteiger partial charge in [0.15, 0.2) is 0 Å². The predicted molar refractivity (Wildman–Crippen MR) is 142 cm³/mol. The molecule has 9 N–H and O–H groups in total. The molecule has 0 aromatic heterocycles. The van der Waals surface area contributed by atoms with Crippen LogP contribution in [0.2, 0.25) is 0 Å². The Hall–Kier alpha value is -4.16. The third-order valence-corrected chi connectivity index (χ3v) is 6.33. The number of phenolic OH excluding ortho intramolecular Hbond substituents is 2. The van der Waals surface area contributed by atoms with E-state index in [9.17, 15) is 39.6 Å². The first-order chi connectivity index (χ1) is 18.4. The molecule has 2 aromatic rings. The van der Waals surface area contributed by atoms with Crippen LogP contribution in [-0.4, -0.2) is 74.9 Å². The minimum absolute atomic E-state index is 0.00183. The van der Waals surface area contributed by atoms with Gasteiger partial charge in [-0.3, -0.25) is 14.4 Å². The summed E-state index contributed by atoms with van der Waals surface area (Å²) < 4.78 is 0. The van der Waals surface area contributed by atoms with Gasteiger partial charge in [-0.1, -0.05) is 44.5 Å². The van der Waals surface area contributed by atoms with Crippen molar-refractivity contribution in [2.24, 2.45) is 11.7 Å². The maximum atomic E-state index is 13.1. The Morgan fingerprint density at radius 3 is 1.72 bits per heavy atom. The molecule has 3 amide bonds. The SMILES string of the molecule is CCC(C)C(NC(=O)C(N)Cc1ccc(O)cc1)C(=O)NC(CO)C(=O)NC(Cc1ccc(O)cc1)C(=O)O. The number of hydrogen-bond acceptors (Lipinski definition) is 8. The summed E-state index contributed by atoms with van der Waals surface area (Å²) in [5.41, 5.74) is 7.27. The molecule has 39 heavy (non-hydrogen) atoms. The lowest BCUT2D eigenvalue weighted by atomic mass is 9.97. The number of benzene rings is 2. The van der Waals surface area contributed by atoms with E-state index in [1.54, 1.807) is 19.1 Å². The molecule has 0 heterocycles. The molecule has 5 atom stereocenters. The second kappa shape index (κ2) is 14.7. The van der Waals surface area contributed by atoms with Gasteiger partial charge in [0.25, 0.3) is 0 Å². The number of nitrogens with one attached hydrogen (secondary N) is 3. The van der Waals surface area contributed by atoms with E-state index < -0.39 is 54.5 Å². The molecule has 0 aliphatic rings. The van der Waals surface area contributed by atoms with Crippen molar-refractivity contribution in [3.05, 3.63) is 59.7 Å². The minimum Gasteiger partial charge on any atom is -0.508 e. The van der Waals surface area contributed by atoms with Gasteiger partial charge in [-0.2, -0.15) is 0 Å². The largest absolute Gasteiger partial charge is 0.508 e. The number of carbonyl (C=O) groups excluding carboxylic acids is 3. The van der Waals surface area contributed by atoms with Crippen LogP contribution in [0.5, 0.6) is 11.5 Å². The molecule has 0 bridgehead atoms. The fourth-order valence-electron chi connectivity index (χ4n) is 3.74. The van der Waals surface area contributed by atoms with Crippen molar-refractivity contribution >= 4 is 23.7 Å². The highest BCUT2D eigenvalue weighted by Crippen LogP contribution is 2.13. The standard InChI is InChI=1S/C27H36N4O8/c1-3-15(2)23(31-24(35)20(28)12-16-4-8-18(33)9-5-16)26(37)30-22(14-32)25(36)29-21(27(38)39)13-17-6-10-19(34)11-7-17/h4-11,15,20-23,32-34H,3,12-14,28H2,1-2H3,(H,29,36)(H,30,37)(H,31,35)(H,38,39). The zero-order chi connectivity index (χ0) is 29.1. The number of carboxylic acid groups (broad SMARTS) is 1. The van der Waals surface area contributed by atoms with Crippen LogP contribution in [-0.2, 0) is 32.0 Å². The van der Waals surface area contributed by atoms with Gasteiger partial charge in [-0.15, -0.1) is 0 Å². The lowest BCUT2D eigenvalue weighted by molar-refractivity contribution is -0.142. The van der Waals surface area contributed by atoms with E-state index >= 15 is 0 Å². The van der Waals surface area contributed by atoms with Crippen molar-refractivity contribution in [3.63, 3.8) is 0 Å². The first kappa shape index (κ1) is 31.1. The molecule has 0 spiro atoms. The topological polar surface area (TPSA) is 211 Å². The molecule has 12 heteroatoms. The molecule has 0 aliphatic heterocycles. The van der Waals surface area contributed by atoms with Gasteiger partial charge < -0.3 is 42.1 Å². The molecule has 0 saturated carbocycles. The maximum absolute atomic E-state index is 13.1. The highest BCUT2D eigenvalue weighted by molar-refractivity contribution is 5.94. The number of aromatic hydroxyl groups is 2. The number of aliphatic carboxylic acids is 1. The summed E-state index contributed by atoms with van der Waals surface area (Å²) in [6.07, 6.45) is 0.549. The Bertz CT molecular complexity index is 1120. The number of carbonyl (C=O) groups is 4. The van der Waals surface area contributed by atoms with Crippen LogP contribution in [0.25, 0.3) is 0 Å². The number of phenols is 2. The summed E-state index contributed by atoms with van der Waals surface area (Å²) in [5.74, 6) is -3.88. The number of hydrogen-bond donors (Lipinski definition) is 8. The van der Waals surface area contributed by atoms with Crippen LogP contribution in [0.4, 0.5) is 0 Å². The van der Waals surface area contributed by atoms with Gasteiger partial charge in [-0.25, -0.2) is 4.79 Å². The summed E-state index contributed by atoms with van der Waals surface area (Å²) in [5, 5.41) is 45.4. The van der Waals surface area contributed by atoms with Gasteiger partial charge in [0.05, 0.1) is 12.6 Å². The Kier molecular flexibility index (Phi) is 11.7. The highest BCUT2D eigenvalue weighted by Gasteiger charge is 2.32. The Morgan fingerprint density at radius 1 is 0.769 bits per heavy atom. The number of carboxylic acids is 1. The van der Waals surface area contributed by atoms with Crippen LogP contribution in [0.1, 0.15) is 31.4 Å². The van der Waals surface area contributed by atoms with Crippen molar-refractivity contribution in [1.29, 1.82) is 0 Å². The zero-order valence-electron chi connectivity index (χ0n) is 21.8. The number of aliphatic hydroxyl groups excluding tert-OH is 1. The summed E-state index contributed by atoms with van der Waals surface area (Å²) >= 11 is 0. The van der Waals surface area contributed by atoms with Gasteiger partial charge in [0.2, 0.25) is 17.7 Å². The molecule has 2 rings (SSSR count). The van der Waals surface area contributed by atoms with Crippen LogP contribution in [0.15, 0.2) is 48.5 Å². The number of nitrogens with two attached hydrogens (primary N) is 1. The summed E-state index contributed by atoms with van der Waals surface area (Å²) in [6, 6.07) is 7.04. The molecule has 0 radical (unpaired) electrons. The van der Waals surface area contributed by atoms with Crippen molar-refractivity contribution in [3.8, 4) is 11.5 Å². The third-order valence-electron chi connectivity index (χ3n) is 6.33. The maximum Gasteiger partial charge on any atom is 0.326 e. The molecule has 212 valence electrons. The van der Waals surface area contributed by atoms with Crippen LogP contribution < -0.4 is 21.7 Å². The molecule has 0 saturated heterocycles. The lowest BCUT2D eigenvalue weighted by Gasteiger charge is -2.27. The second-order valence-electron chi connectivity index (χ2n) is 9.36. The second-order valence-corrected chi connectivity index (χ2v) is 9.36. The van der Waals surface area contributed by atoms with E-state index in [0.717, 1.165) is 0 Å². The molecule has 5 unspecified atom stereocenters. The molecule has 2 aromatic carbocycles. The normalized spacial score (nSPS) is 14.8. The summed E-state index contributed by atoms with van der Waals surface area (Å²) in [6.45, 7) is 2.72. The molecular weight excluding hydrogens is 508 g/mol. The molecule has 12 nitrogen and oxygen atoms in total. The quantitative estimate of drug-likeness (QED) is 0.158. The number of amides is 3. The predicted octanol–water partition coefficient (Wildman–Crippen LogP) is -0.212. The van der Waals surface area contributed by atoms with Gasteiger partial charge in [-0.05, 0) is 47.7 Å². The fraction of sp³-hybridized carbons (Fsp3) is 0.407. The van der Waals surface area contributed by atoms with E-state index in [-0.39, 0.29) is 30.3 Å². The average molecular weight is 545 g/mol.